The zero-order valence-electron chi connectivity index (χ0n) is 10.6. The van der Waals surface area contributed by atoms with Crippen molar-refractivity contribution in [1.29, 1.82) is 0 Å². The first-order valence-electron chi connectivity index (χ1n) is 5.30. The minimum absolute atomic E-state index is 0.0381. The van der Waals surface area contributed by atoms with E-state index in [1.54, 1.807) is 20.8 Å². The Morgan fingerprint density at radius 3 is 2.53 bits per heavy atom. The number of hydrazine groups is 1. The van der Waals surface area contributed by atoms with E-state index in [0.29, 0.717) is 0 Å². The predicted molar refractivity (Wildman–Crippen MR) is 66.0 cm³/mol. The van der Waals surface area contributed by atoms with Crippen LogP contribution in [0.1, 0.15) is 31.3 Å². The van der Waals surface area contributed by atoms with Crippen LogP contribution in [0, 0.1) is 5.82 Å². The predicted octanol–water partition coefficient (Wildman–Crippen LogP) is 2.04. The summed E-state index contributed by atoms with van der Waals surface area (Å²) in [7, 11) is 0. The number of halogens is 2. The average molecular weight is 290 g/mol. The van der Waals surface area contributed by atoms with Crippen molar-refractivity contribution in [3.8, 4) is 0 Å². The first kappa shape index (κ1) is 15.2. The topological polar surface area (TPSA) is 80.3 Å². The van der Waals surface area contributed by atoms with E-state index in [1.807, 2.05) is 10.9 Å². The summed E-state index contributed by atoms with van der Waals surface area (Å²) in [6, 6.07) is 2.20. The fourth-order valence-electron chi connectivity index (χ4n) is 1.05. The molecule has 19 heavy (non-hydrogen) atoms. The minimum atomic E-state index is -0.939. The zero-order valence-corrected chi connectivity index (χ0v) is 11.3. The Hall–Kier alpha value is -1.89. The summed E-state index contributed by atoms with van der Waals surface area (Å²) in [5.74, 6) is -1.79. The highest BCUT2D eigenvalue weighted by Crippen LogP contribution is 2.10. The zero-order chi connectivity index (χ0) is 14.6. The Morgan fingerprint density at radius 1 is 1.32 bits per heavy atom. The monoisotopic (exact) mass is 289 g/mol. The Kier molecular flexibility index (Phi) is 4.66. The number of carbonyl (C=O) groups is 2. The van der Waals surface area contributed by atoms with Crippen molar-refractivity contribution in [2.45, 2.75) is 26.4 Å². The van der Waals surface area contributed by atoms with Crippen molar-refractivity contribution in [2.75, 3.05) is 0 Å². The number of ether oxygens (including phenoxy) is 1. The summed E-state index contributed by atoms with van der Waals surface area (Å²) in [6.45, 7) is 4.98. The average Bonchev–Trinajstić information content (AvgIpc) is 2.27. The molecule has 0 radical (unpaired) electrons. The summed E-state index contributed by atoms with van der Waals surface area (Å²) in [6.07, 6.45) is -0.872. The lowest BCUT2D eigenvalue weighted by Crippen LogP contribution is -2.44. The minimum Gasteiger partial charge on any atom is -0.443 e. The molecule has 0 saturated carbocycles. The van der Waals surface area contributed by atoms with Crippen LogP contribution in [-0.4, -0.2) is 22.6 Å². The molecule has 1 aromatic heterocycles. The maximum atomic E-state index is 13.3. The molecule has 1 heterocycles. The quantitative estimate of drug-likeness (QED) is 0.612. The lowest BCUT2D eigenvalue weighted by Gasteiger charge is -2.19. The molecule has 0 fully saturated rings. The van der Waals surface area contributed by atoms with E-state index in [9.17, 15) is 14.0 Å². The molecule has 0 aromatic carbocycles. The summed E-state index contributed by atoms with van der Waals surface area (Å²) in [4.78, 5) is 26.3. The number of carbonyl (C=O) groups excluding carboxylic acids is 2. The van der Waals surface area contributed by atoms with Gasteiger partial charge in [0.2, 0.25) is 0 Å². The van der Waals surface area contributed by atoms with Crippen molar-refractivity contribution in [2.24, 2.45) is 0 Å². The molecule has 104 valence electrons. The first-order chi connectivity index (χ1) is 8.69. The molecule has 0 unspecified atom stereocenters. The van der Waals surface area contributed by atoms with Crippen molar-refractivity contribution in [3.05, 3.63) is 28.8 Å². The number of rotatable bonds is 1. The third kappa shape index (κ3) is 5.09. The van der Waals surface area contributed by atoms with Crippen LogP contribution in [-0.2, 0) is 4.74 Å². The van der Waals surface area contributed by atoms with Gasteiger partial charge in [0.15, 0.2) is 11.5 Å². The van der Waals surface area contributed by atoms with Gasteiger partial charge in [0.1, 0.15) is 10.8 Å². The van der Waals surface area contributed by atoms with Gasteiger partial charge in [-0.05, 0) is 32.9 Å². The molecule has 2 N–H and O–H groups in total. The molecular formula is C11H13ClFN3O3. The molecule has 0 aliphatic rings. The van der Waals surface area contributed by atoms with Crippen molar-refractivity contribution >= 4 is 23.6 Å². The molecule has 1 rings (SSSR count). The SMILES string of the molecule is CC(C)(C)OC(=O)NNC(=O)c1nc(Cl)ccc1F. The van der Waals surface area contributed by atoms with Gasteiger partial charge in [-0.2, -0.15) is 0 Å². The van der Waals surface area contributed by atoms with E-state index in [4.69, 9.17) is 16.3 Å². The highest BCUT2D eigenvalue weighted by molar-refractivity contribution is 6.29. The van der Waals surface area contributed by atoms with E-state index in [1.165, 1.54) is 6.07 Å². The van der Waals surface area contributed by atoms with Crippen molar-refractivity contribution in [1.82, 2.24) is 15.8 Å². The molecule has 0 aliphatic heterocycles. The number of amides is 2. The van der Waals surface area contributed by atoms with E-state index < -0.39 is 29.1 Å². The highest BCUT2D eigenvalue weighted by Gasteiger charge is 2.18. The van der Waals surface area contributed by atoms with Gasteiger partial charge in [0.05, 0.1) is 0 Å². The lowest BCUT2D eigenvalue weighted by molar-refractivity contribution is 0.0482. The largest absolute Gasteiger partial charge is 0.443 e. The van der Waals surface area contributed by atoms with Crippen LogP contribution in [0.5, 0.6) is 0 Å². The molecule has 1 aromatic rings. The van der Waals surface area contributed by atoms with Gasteiger partial charge in [-0.3, -0.25) is 10.2 Å². The molecule has 2 amide bonds. The maximum absolute atomic E-state index is 13.3. The molecule has 0 saturated heterocycles. The van der Waals surface area contributed by atoms with Crippen LogP contribution in [0.2, 0.25) is 5.15 Å². The number of nitrogens with zero attached hydrogens (tertiary/aromatic N) is 1. The second-order valence-electron chi connectivity index (χ2n) is 4.55. The van der Waals surface area contributed by atoms with Crippen LogP contribution in [0.25, 0.3) is 0 Å². The third-order valence-corrected chi connectivity index (χ3v) is 1.91. The lowest BCUT2D eigenvalue weighted by atomic mass is 10.2. The van der Waals surface area contributed by atoms with Gasteiger partial charge >= 0.3 is 6.09 Å². The van der Waals surface area contributed by atoms with Crippen molar-refractivity contribution in [3.63, 3.8) is 0 Å². The second kappa shape index (κ2) is 5.83. The number of pyridine rings is 1. The van der Waals surface area contributed by atoms with Crippen LogP contribution in [0.4, 0.5) is 9.18 Å². The molecule has 0 atom stereocenters. The van der Waals surface area contributed by atoms with Crippen LogP contribution >= 0.6 is 11.6 Å². The molecule has 0 spiro atoms. The molecule has 8 heteroatoms. The molecule has 6 nitrogen and oxygen atoms in total. The Morgan fingerprint density at radius 2 is 1.95 bits per heavy atom. The van der Waals surface area contributed by atoms with Gasteiger partial charge in [-0.25, -0.2) is 19.6 Å². The van der Waals surface area contributed by atoms with Crippen LogP contribution in [0.3, 0.4) is 0 Å². The van der Waals surface area contributed by atoms with Gasteiger partial charge in [-0.1, -0.05) is 11.6 Å². The maximum Gasteiger partial charge on any atom is 0.426 e. The van der Waals surface area contributed by atoms with Gasteiger partial charge in [-0.15, -0.1) is 0 Å². The molecule has 0 aliphatic carbocycles. The van der Waals surface area contributed by atoms with E-state index in [0.717, 1.165) is 6.07 Å². The van der Waals surface area contributed by atoms with Gasteiger partial charge < -0.3 is 4.74 Å². The van der Waals surface area contributed by atoms with E-state index in [-0.39, 0.29) is 5.15 Å². The first-order valence-corrected chi connectivity index (χ1v) is 5.68. The summed E-state index contributed by atoms with van der Waals surface area (Å²) < 4.78 is 18.2. The normalized spacial score (nSPS) is 10.8. The van der Waals surface area contributed by atoms with E-state index >= 15 is 0 Å². The highest BCUT2D eigenvalue weighted by atomic mass is 35.5. The third-order valence-electron chi connectivity index (χ3n) is 1.70. The summed E-state index contributed by atoms with van der Waals surface area (Å²) in [5.41, 5.74) is 2.70. The van der Waals surface area contributed by atoms with Crippen molar-refractivity contribution < 1.29 is 18.7 Å². The van der Waals surface area contributed by atoms with Crippen LogP contribution in [0.15, 0.2) is 12.1 Å². The molecular weight excluding hydrogens is 277 g/mol. The summed E-state index contributed by atoms with van der Waals surface area (Å²) in [5, 5.41) is -0.0381. The summed E-state index contributed by atoms with van der Waals surface area (Å²) >= 11 is 5.54. The van der Waals surface area contributed by atoms with E-state index in [2.05, 4.69) is 4.98 Å². The molecule has 0 bridgehead atoms. The Labute approximate surface area is 114 Å². The fourth-order valence-corrected chi connectivity index (χ4v) is 1.20. The number of hydrogen-bond donors (Lipinski definition) is 2. The smallest absolute Gasteiger partial charge is 0.426 e. The van der Waals surface area contributed by atoms with Crippen LogP contribution < -0.4 is 10.9 Å². The van der Waals surface area contributed by atoms with Gasteiger partial charge in [0, 0.05) is 0 Å². The fraction of sp³-hybridized carbons (Fsp3) is 0.364. The Bertz CT molecular complexity index is 502. The number of nitrogens with one attached hydrogen (secondary N) is 2. The Balaban J connectivity index is 2.61. The number of aromatic nitrogens is 1. The van der Waals surface area contributed by atoms with Gasteiger partial charge in [0.25, 0.3) is 5.91 Å². The number of hydrogen-bond acceptors (Lipinski definition) is 4. The second-order valence-corrected chi connectivity index (χ2v) is 4.93. The standard InChI is InChI=1S/C11H13ClFN3O3/c1-11(2,3)19-10(18)16-15-9(17)8-6(13)4-5-7(12)14-8/h4-5H,1-3H3,(H,15,17)(H,16,18).